The molecule has 0 spiro atoms. The molecule has 2 aromatic carbocycles. The van der Waals surface area contributed by atoms with Gasteiger partial charge < -0.3 is 0 Å². The molecule has 0 saturated carbocycles. The van der Waals surface area contributed by atoms with E-state index in [-0.39, 0.29) is 3.72 Å². The average Bonchev–Trinajstić information content (AvgIpc) is 2.83. The Morgan fingerprint density at radius 2 is 1.27 bits per heavy atom. The predicted octanol–water partition coefficient (Wildman–Crippen LogP) is 7.12. The van der Waals surface area contributed by atoms with Crippen LogP contribution in [0, 0.1) is 13.8 Å². The van der Waals surface area contributed by atoms with Crippen molar-refractivity contribution >= 4 is 29.7 Å². The Labute approximate surface area is 205 Å². The summed E-state index contributed by atoms with van der Waals surface area (Å²) in [4.78, 5) is 0. The van der Waals surface area contributed by atoms with Gasteiger partial charge in [0.05, 0.1) is 0 Å². The first-order valence-electron chi connectivity index (χ1n) is 12.8. The molecule has 0 bridgehead atoms. The molecule has 0 saturated heterocycles. The zero-order chi connectivity index (χ0) is 25.3. The van der Waals surface area contributed by atoms with Gasteiger partial charge in [-0.25, -0.2) is 0 Å². The summed E-state index contributed by atoms with van der Waals surface area (Å²) >= 11 is -4.00. The van der Waals surface area contributed by atoms with Crippen molar-refractivity contribution in [3.05, 3.63) is 75.9 Å². The van der Waals surface area contributed by atoms with Crippen LogP contribution < -0.4 is 14.2 Å². The van der Waals surface area contributed by atoms with Crippen LogP contribution >= 0.6 is 0 Å². The van der Waals surface area contributed by atoms with E-state index in [0.717, 1.165) is 0 Å². The van der Waals surface area contributed by atoms with Gasteiger partial charge in [0.1, 0.15) is 0 Å². The molecule has 0 fully saturated rings. The summed E-state index contributed by atoms with van der Waals surface area (Å²) < 4.78 is 1.82. The molecule has 0 radical (unpaired) electrons. The first-order chi connectivity index (χ1) is 14.8. The number of hydrogen-bond donors (Lipinski definition) is 0. The Kier molecular flexibility index (Phi) is 6.09. The maximum absolute atomic E-state index is 4.00. The van der Waals surface area contributed by atoms with Crippen molar-refractivity contribution in [3.63, 3.8) is 0 Å². The van der Waals surface area contributed by atoms with Crippen LogP contribution in [0.1, 0.15) is 45.7 Å². The molecule has 3 rings (SSSR count). The fourth-order valence-corrected chi connectivity index (χ4v) is 37.4. The summed E-state index contributed by atoms with van der Waals surface area (Å²) in [5.74, 6) is 0. The van der Waals surface area contributed by atoms with E-state index in [1.165, 1.54) is 22.3 Å². The minimum atomic E-state index is -4.00. The fourth-order valence-electron chi connectivity index (χ4n) is 7.68. The van der Waals surface area contributed by atoms with Gasteiger partial charge in [-0.2, -0.15) is 0 Å². The van der Waals surface area contributed by atoms with Crippen LogP contribution in [0.3, 0.4) is 0 Å². The van der Waals surface area contributed by atoms with Gasteiger partial charge >= 0.3 is 206 Å². The molecule has 0 amide bonds. The molecule has 0 aromatic heterocycles. The molecule has 33 heavy (non-hydrogen) atoms. The van der Waals surface area contributed by atoms with Crippen molar-refractivity contribution in [3.8, 4) is 0 Å². The summed E-state index contributed by atoms with van der Waals surface area (Å²) in [6, 6.07) is 17.1. The third-order valence-corrected chi connectivity index (χ3v) is 39.9. The molecule has 0 aliphatic heterocycles. The summed E-state index contributed by atoms with van der Waals surface area (Å²) in [6.45, 7) is 24.4. The standard InChI is InChI=1S/C10H17Si2.C10H15.C7H7.3CH3.Ti/c1-8-5-9(11)7-10(6-8)12(2,3)4;1-6-7(2)9(4)10(5)8(6)3;1-7-5-3-2-4-6-7;;;;/h5-7H,11H2,1-4H3;1-5H3;2-5H,1H3;3*1H3;. The number of benzene rings is 2. The van der Waals surface area contributed by atoms with Gasteiger partial charge in [0.15, 0.2) is 0 Å². The van der Waals surface area contributed by atoms with E-state index in [1.54, 1.807) is 25.4 Å². The first-order valence-corrected chi connectivity index (χ1v) is 27.2. The van der Waals surface area contributed by atoms with Crippen molar-refractivity contribution in [1.82, 2.24) is 0 Å². The molecule has 0 N–H and O–H groups in total. The second kappa shape index (κ2) is 7.53. The third-order valence-electron chi connectivity index (χ3n) is 10.5. The summed E-state index contributed by atoms with van der Waals surface area (Å²) in [5.41, 5.74) is 9.26. The molecule has 3 heteroatoms. The van der Waals surface area contributed by atoms with Crippen LogP contribution in [0.15, 0.2) is 64.8 Å². The van der Waals surface area contributed by atoms with Crippen LogP contribution in [0.4, 0.5) is 0 Å². The van der Waals surface area contributed by atoms with E-state index in [2.05, 4.69) is 126 Å². The van der Waals surface area contributed by atoms with Crippen molar-refractivity contribution in [2.75, 3.05) is 0 Å². The van der Waals surface area contributed by atoms with E-state index in [1.807, 2.05) is 0 Å². The zero-order valence-electron chi connectivity index (χ0n) is 23.7. The monoisotopic (exact) mass is 512 g/mol. The predicted molar refractivity (Wildman–Crippen MR) is 156 cm³/mol. The third kappa shape index (κ3) is 3.71. The van der Waals surface area contributed by atoms with E-state index < -0.39 is 28.7 Å². The molecule has 0 nitrogen and oxygen atoms in total. The minimum absolute atomic E-state index is 0.121. The molecule has 1 aliphatic rings. The summed E-state index contributed by atoms with van der Waals surface area (Å²) in [6.07, 6.45) is 0. The first kappa shape index (κ1) is 26.7. The molecule has 0 atom stereocenters. The molecular weight excluding hydrogens is 464 g/mol. The van der Waals surface area contributed by atoms with E-state index >= 15 is 0 Å². The number of hydrogen-bond acceptors (Lipinski definition) is 0. The van der Waals surface area contributed by atoms with Crippen LogP contribution in [0.25, 0.3) is 0 Å². The Bertz CT molecular complexity index is 1190. The second-order valence-corrected chi connectivity index (χ2v) is 50.8. The normalized spacial score (nSPS) is 19.4. The van der Waals surface area contributed by atoms with Crippen LogP contribution in [-0.2, 0) is 13.3 Å². The van der Waals surface area contributed by atoms with E-state index in [9.17, 15) is 0 Å². The van der Waals surface area contributed by atoms with E-state index in [4.69, 9.17) is 0 Å². The van der Waals surface area contributed by atoms with Gasteiger partial charge in [-0.15, -0.1) is 0 Å². The zero-order valence-corrected chi connectivity index (χ0v) is 27.7. The molecule has 0 heterocycles. The van der Waals surface area contributed by atoms with Gasteiger partial charge in [0, 0.05) is 0 Å². The Hall–Kier alpha value is -0.932. The van der Waals surface area contributed by atoms with Gasteiger partial charge in [0.2, 0.25) is 0 Å². The Morgan fingerprint density at radius 1 is 0.758 bits per heavy atom. The molecular formula is C30H48Si2Ti. The topological polar surface area (TPSA) is 0 Å². The Morgan fingerprint density at radius 3 is 1.76 bits per heavy atom. The maximum atomic E-state index is 2.81. The second-order valence-electron chi connectivity index (χ2n) is 14.6. The van der Waals surface area contributed by atoms with Crippen LogP contribution in [0.5, 0.6) is 0 Å². The number of aryl methyl sites for hydroxylation is 2. The number of allylic oxidation sites excluding steroid dienone is 4. The quantitative estimate of drug-likeness (QED) is 0.374. The molecule has 2 aromatic rings. The van der Waals surface area contributed by atoms with Crippen molar-refractivity contribution < 1.29 is 13.3 Å². The van der Waals surface area contributed by atoms with Crippen LogP contribution in [0.2, 0.25) is 39.0 Å². The molecule has 180 valence electrons. The Balaban J connectivity index is 2.48. The average molecular weight is 513 g/mol. The summed E-state index contributed by atoms with van der Waals surface area (Å²) in [7, 11) is -2.05. The number of rotatable bonds is 5. The van der Waals surface area contributed by atoms with Gasteiger partial charge in [-0.1, -0.05) is 0 Å². The van der Waals surface area contributed by atoms with E-state index in [0.29, 0.717) is 0 Å². The van der Waals surface area contributed by atoms with Crippen molar-refractivity contribution in [2.45, 2.75) is 87.5 Å². The molecule has 0 unspecified atom stereocenters. The summed E-state index contributed by atoms with van der Waals surface area (Å²) in [5, 5.41) is 11.7. The molecule has 1 aliphatic carbocycles. The fraction of sp³-hybridized carbons (Fsp3) is 0.467. The van der Waals surface area contributed by atoms with Crippen LogP contribution in [-0.4, -0.2) is 15.5 Å². The van der Waals surface area contributed by atoms with Gasteiger partial charge in [0.25, 0.3) is 0 Å². The van der Waals surface area contributed by atoms with Crippen molar-refractivity contribution in [2.24, 2.45) is 0 Å². The SMILES string of the molecule is CC1=C(C)[C](C)([Ti]([CH3])([CH3])([CH3])([SiH2]c2cc(C)cc([Si](C)(C)C)c2)[c]2ccccc2C)C(C)=C1C. The van der Waals surface area contributed by atoms with Crippen molar-refractivity contribution in [1.29, 1.82) is 0 Å². The van der Waals surface area contributed by atoms with Gasteiger partial charge in [-0.3, -0.25) is 0 Å². The van der Waals surface area contributed by atoms with Gasteiger partial charge in [-0.05, 0) is 0 Å².